The topological polar surface area (TPSA) is 99.0 Å². The molecule has 0 saturated heterocycles. The lowest BCUT2D eigenvalue weighted by molar-refractivity contribution is -0.670. The van der Waals surface area contributed by atoms with Gasteiger partial charge in [-0.3, -0.25) is 9.59 Å². The molecule has 0 amide bonds. The molecular weight excluding hydrogens is 196 g/mol. The van der Waals surface area contributed by atoms with Crippen LogP contribution < -0.4 is 0 Å². The summed E-state index contributed by atoms with van der Waals surface area (Å²) in [7, 11) is 0. The first-order valence-electron chi connectivity index (χ1n) is 3.59. The Labute approximate surface area is 79.5 Å². The Bertz CT molecular complexity index is 222. The third kappa shape index (κ3) is 5.75. The Morgan fingerprint density at radius 1 is 1.21 bits per heavy atom. The van der Waals surface area contributed by atoms with Gasteiger partial charge in [0.2, 0.25) is 13.5 Å². The zero-order valence-corrected chi connectivity index (χ0v) is 7.76. The van der Waals surface area contributed by atoms with Crippen molar-refractivity contribution < 1.29 is 24.1 Å². The molecule has 8 nitrogen and oxygen atoms in total. The molecule has 0 aromatic heterocycles. The highest BCUT2D eigenvalue weighted by Gasteiger charge is 2.16. The number of hydrogen-bond acceptors (Lipinski definition) is 6. The molecule has 0 bridgehead atoms. The number of carbonyl (C=O) groups excluding carboxylic acids is 2. The normalized spacial score (nSPS) is 9.00. The molecular formula is C6H10N2O6. The van der Waals surface area contributed by atoms with Gasteiger partial charge in [0, 0.05) is 13.8 Å². The highest BCUT2D eigenvalue weighted by atomic mass is 16.7. The van der Waals surface area contributed by atoms with Crippen molar-refractivity contribution in [1.82, 2.24) is 5.01 Å². The Hall–Kier alpha value is -1.86. The lowest BCUT2D eigenvalue weighted by Gasteiger charge is -2.12. The van der Waals surface area contributed by atoms with E-state index in [1.807, 2.05) is 0 Å². The van der Waals surface area contributed by atoms with Gasteiger partial charge in [0.15, 0.2) is 5.03 Å². The summed E-state index contributed by atoms with van der Waals surface area (Å²) in [6.07, 6.45) is 0. The van der Waals surface area contributed by atoms with Crippen molar-refractivity contribution in [3.63, 3.8) is 0 Å². The molecule has 0 N–H and O–H groups in total. The van der Waals surface area contributed by atoms with Gasteiger partial charge in [0.25, 0.3) is 0 Å². The highest BCUT2D eigenvalue weighted by molar-refractivity contribution is 5.66. The summed E-state index contributed by atoms with van der Waals surface area (Å²) in [5.74, 6) is -1.31. The molecule has 0 spiro atoms. The molecule has 0 aliphatic heterocycles. The Balaban J connectivity index is 3.96. The minimum atomic E-state index is -0.828. The van der Waals surface area contributed by atoms with Crippen LogP contribution in [0.1, 0.15) is 13.8 Å². The Morgan fingerprint density at radius 2 is 1.57 bits per heavy atom. The summed E-state index contributed by atoms with van der Waals surface area (Å²) in [5, 5.41) is 9.89. The quantitative estimate of drug-likeness (QED) is 0.259. The number of nitrogens with zero attached hydrogens (tertiary/aromatic N) is 2. The van der Waals surface area contributed by atoms with Crippen molar-refractivity contribution in [1.29, 1.82) is 0 Å². The summed E-state index contributed by atoms with van der Waals surface area (Å²) in [6.45, 7) is 1.11. The van der Waals surface area contributed by atoms with E-state index in [0.717, 1.165) is 13.8 Å². The van der Waals surface area contributed by atoms with Crippen LogP contribution in [-0.4, -0.2) is 35.4 Å². The standard InChI is InChI=1S/C6H10N2O6/c1-5(9)13-3-7(8(11)12)4-14-6(2)10/h3-4H2,1-2H3. The van der Waals surface area contributed by atoms with Gasteiger partial charge >= 0.3 is 11.9 Å². The van der Waals surface area contributed by atoms with Crippen LogP contribution in [0.3, 0.4) is 0 Å². The maximum absolute atomic E-state index is 10.3. The minimum Gasteiger partial charge on any atom is -0.439 e. The van der Waals surface area contributed by atoms with E-state index in [2.05, 4.69) is 9.47 Å². The molecule has 0 saturated carbocycles. The van der Waals surface area contributed by atoms with Gasteiger partial charge in [0.1, 0.15) is 0 Å². The van der Waals surface area contributed by atoms with Crippen LogP contribution >= 0.6 is 0 Å². The van der Waals surface area contributed by atoms with Crippen molar-refractivity contribution in [2.45, 2.75) is 13.8 Å². The summed E-state index contributed by atoms with van der Waals surface area (Å²) >= 11 is 0. The number of carbonyl (C=O) groups is 2. The average molecular weight is 206 g/mol. The number of hydrogen-bond donors (Lipinski definition) is 0. The molecule has 8 heteroatoms. The van der Waals surface area contributed by atoms with Gasteiger partial charge in [-0.2, -0.15) is 0 Å². The monoisotopic (exact) mass is 206 g/mol. The summed E-state index contributed by atoms with van der Waals surface area (Å²) < 4.78 is 8.70. The van der Waals surface area contributed by atoms with Gasteiger partial charge < -0.3 is 9.47 Å². The first kappa shape index (κ1) is 12.1. The van der Waals surface area contributed by atoms with Crippen LogP contribution in [0.5, 0.6) is 0 Å². The molecule has 0 aromatic rings. The average Bonchev–Trinajstić information content (AvgIpc) is 2.02. The van der Waals surface area contributed by atoms with E-state index >= 15 is 0 Å². The predicted octanol–water partition coefficient (Wildman–Crippen LogP) is -0.479. The van der Waals surface area contributed by atoms with Crippen LogP contribution in [0.15, 0.2) is 0 Å². The second kappa shape index (κ2) is 5.73. The van der Waals surface area contributed by atoms with Crippen molar-refractivity contribution >= 4 is 11.9 Å². The van der Waals surface area contributed by atoms with E-state index in [4.69, 9.17) is 0 Å². The predicted molar refractivity (Wildman–Crippen MR) is 42.1 cm³/mol. The maximum atomic E-state index is 10.3. The van der Waals surface area contributed by atoms with E-state index < -0.39 is 30.4 Å². The van der Waals surface area contributed by atoms with Crippen LogP contribution in [-0.2, 0) is 19.1 Å². The fourth-order valence-corrected chi connectivity index (χ4v) is 0.462. The van der Waals surface area contributed by atoms with E-state index in [0.29, 0.717) is 5.01 Å². The Kier molecular flexibility index (Phi) is 4.97. The van der Waals surface area contributed by atoms with Gasteiger partial charge in [-0.1, -0.05) is 5.01 Å². The van der Waals surface area contributed by atoms with Gasteiger partial charge in [-0.25, -0.2) is 10.1 Å². The SMILES string of the molecule is CC(=O)OCN(COC(C)=O)[N+](=O)[O-]. The van der Waals surface area contributed by atoms with Crippen molar-refractivity contribution in [3.05, 3.63) is 10.1 Å². The minimum absolute atomic E-state index is 0.447. The number of esters is 2. The molecule has 0 atom stereocenters. The zero-order valence-electron chi connectivity index (χ0n) is 7.76. The lowest BCUT2D eigenvalue weighted by Crippen LogP contribution is -2.35. The molecule has 0 rings (SSSR count). The lowest BCUT2D eigenvalue weighted by atomic mass is 10.8. The zero-order chi connectivity index (χ0) is 11.1. The molecule has 0 aliphatic rings. The molecule has 0 radical (unpaired) electrons. The van der Waals surface area contributed by atoms with E-state index in [9.17, 15) is 19.7 Å². The van der Waals surface area contributed by atoms with Gasteiger partial charge in [-0.15, -0.1) is 0 Å². The van der Waals surface area contributed by atoms with E-state index in [1.54, 1.807) is 0 Å². The van der Waals surface area contributed by atoms with Crippen molar-refractivity contribution in [2.75, 3.05) is 13.5 Å². The third-order valence-corrected chi connectivity index (χ3v) is 1.06. The van der Waals surface area contributed by atoms with Crippen molar-refractivity contribution in [3.8, 4) is 0 Å². The van der Waals surface area contributed by atoms with Crippen molar-refractivity contribution in [2.24, 2.45) is 0 Å². The molecule has 0 heterocycles. The molecule has 0 unspecified atom stereocenters. The first-order chi connectivity index (χ1) is 6.43. The fourth-order valence-electron chi connectivity index (χ4n) is 0.462. The maximum Gasteiger partial charge on any atom is 0.304 e. The summed E-state index contributed by atoms with van der Waals surface area (Å²) in [5.41, 5.74) is 0. The summed E-state index contributed by atoms with van der Waals surface area (Å²) in [6, 6.07) is 0. The van der Waals surface area contributed by atoms with Crippen LogP contribution in [0.2, 0.25) is 0 Å². The summed E-state index contributed by atoms with van der Waals surface area (Å²) in [4.78, 5) is 30.9. The Morgan fingerprint density at radius 3 is 1.79 bits per heavy atom. The van der Waals surface area contributed by atoms with Crippen LogP contribution in [0.4, 0.5) is 0 Å². The number of ether oxygens (including phenoxy) is 2. The first-order valence-corrected chi connectivity index (χ1v) is 3.59. The third-order valence-electron chi connectivity index (χ3n) is 1.06. The molecule has 0 fully saturated rings. The van der Waals surface area contributed by atoms with E-state index in [1.165, 1.54) is 0 Å². The second-order valence-corrected chi connectivity index (χ2v) is 2.27. The second-order valence-electron chi connectivity index (χ2n) is 2.27. The highest BCUT2D eigenvalue weighted by Crippen LogP contribution is 1.91. The number of rotatable bonds is 5. The molecule has 0 aliphatic carbocycles. The largest absolute Gasteiger partial charge is 0.439 e. The smallest absolute Gasteiger partial charge is 0.304 e. The number of nitro groups is 1. The molecule has 80 valence electrons. The van der Waals surface area contributed by atoms with Gasteiger partial charge in [0.05, 0.1) is 0 Å². The van der Waals surface area contributed by atoms with Gasteiger partial charge in [-0.05, 0) is 0 Å². The fraction of sp³-hybridized carbons (Fsp3) is 0.667. The van der Waals surface area contributed by atoms with Crippen LogP contribution in [0, 0.1) is 10.1 Å². The molecule has 0 aromatic carbocycles. The number of hydrazine groups is 1. The van der Waals surface area contributed by atoms with E-state index in [-0.39, 0.29) is 0 Å². The molecule has 14 heavy (non-hydrogen) atoms. The van der Waals surface area contributed by atoms with Crippen LogP contribution in [0.25, 0.3) is 0 Å².